The lowest BCUT2D eigenvalue weighted by molar-refractivity contribution is 0.234. The first kappa shape index (κ1) is 13.2. The van der Waals surface area contributed by atoms with E-state index in [4.69, 9.17) is 4.52 Å². The quantitative estimate of drug-likeness (QED) is 0.935. The summed E-state index contributed by atoms with van der Waals surface area (Å²) in [5.74, 6) is 1.35. The third-order valence-electron chi connectivity index (χ3n) is 4.25. The van der Waals surface area contributed by atoms with Crippen molar-refractivity contribution in [2.75, 3.05) is 13.1 Å². The fourth-order valence-electron chi connectivity index (χ4n) is 2.78. The lowest BCUT2D eigenvalue weighted by atomic mass is 9.76. The summed E-state index contributed by atoms with van der Waals surface area (Å²) in [4.78, 5) is 4.55. The molecule has 1 aromatic carbocycles. The standard InChI is InChI=1S/C15H18FN3O/c1-10(2)15(7-8-17-9-15)14-18-13(19-20-14)11-3-5-12(16)6-4-11/h3-6,10,17H,7-9H2,1-2H3. The molecule has 0 bridgehead atoms. The summed E-state index contributed by atoms with van der Waals surface area (Å²) >= 11 is 0. The van der Waals surface area contributed by atoms with E-state index >= 15 is 0 Å². The van der Waals surface area contributed by atoms with Gasteiger partial charge in [0.05, 0.1) is 5.41 Å². The first-order valence-corrected chi connectivity index (χ1v) is 6.93. The Bertz CT molecular complexity index is 585. The van der Waals surface area contributed by atoms with Crippen molar-refractivity contribution in [1.29, 1.82) is 0 Å². The van der Waals surface area contributed by atoms with E-state index in [-0.39, 0.29) is 11.2 Å². The number of hydrogen-bond donors (Lipinski definition) is 1. The molecule has 0 spiro atoms. The third-order valence-corrected chi connectivity index (χ3v) is 4.25. The number of rotatable bonds is 3. The monoisotopic (exact) mass is 275 g/mol. The van der Waals surface area contributed by atoms with Crippen LogP contribution in [0.3, 0.4) is 0 Å². The van der Waals surface area contributed by atoms with Crippen LogP contribution >= 0.6 is 0 Å². The molecule has 2 heterocycles. The summed E-state index contributed by atoms with van der Waals surface area (Å²) in [6.45, 7) is 6.17. The first-order valence-electron chi connectivity index (χ1n) is 6.93. The molecular formula is C15H18FN3O. The summed E-state index contributed by atoms with van der Waals surface area (Å²) in [7, 11) is 0. The van der Waals surface area contributed by atoms with Crippen molar-refractivity contribution in [3.63, 3.8) is 0 Å². The van der Waals surface area contributed by atoms with Crippen LogP contribution in [0.2, 0.25) is 0 Å². The van der Waals surface area contributed by atoms with E-state index in [0.29, 0.717) is 17.6 Å². The minimum Gasteiger partial charge on any atom is -0.338 e. The van der Waals surface area contributed by atoms with Crippen LogP contribution in [0, 0.1) is 11.7 Å². The molecular weight excluding hydrogens is 257 g/mol. The van der Waals surface area contributed by atoms with Crippen LogP contribution in [0.15, 0.2) is 28.8 Å². The lowest BCUT2D eigenvalue weighted by Crippen LogP contribution is -2.35. The van der Waals surface area contributed by atoms with Gasteiger partial charge in [0.25, 0.3) is 0 Å². The average Bonchev–Trinajstić information content (AvgIpc) is 3.09. The SMILES string of the molecule is CC(C)C1(c2nc(-c3ccc(F)cc3)no2)CCNC1. The van der Waals surface area contributed by atoms with E-state index in [9.17, 15) is 4.39 Å². The van der Waals surface area contributed by atoms with E-state index in [1.165, 1.54) is 12.1 Å². The van der Waals surface area contributed by atoms with Crippen LogP contribution in [0.1, 0.15) is 26.2 Å². The Morgan fingerprint density at radius 1 is 1.30 bits per heavy atom. The molecule has 2 aromatic rings. The predicted octanol–water partition coefficient (Wildman–Crippen LogP) is 2.76. The third kappa shape index (κ3) is 2.12. The second kappa shape index (κ2) is 4.98. The highest BCUT2D eigenvalue weighted by molar-refractivity contribution is 5.53. The second-order valence-electron chi connectivity index (χ2n) is 5.67. The Morgan fingerprint density at radius 2 is 2.05 bits per heavy atom. The van der Waals surface area contributed by atoms with E-state index in [0.717, 1.165) is 25.1 Å². The summed E-state index contributed by atoms with van der Waals surface area (Å²) < 4.78 is 18.5. The van der Waals surface area contributed by atoms with Crippen LogP contribution in [0.4, 0.5) is 4.39 Å². The highest BCUT2D eigenvalue weighted by atomic mass is 19.1. The van der Waals surface area contributed by atoms with Gasteiger partial charge in [0, 0.05) is 12.1 Å². The molecule has 1 aromatic heterocycles. The van der Waals surface area contributed by atoms with E-state index in [1.54, 1.807) is 12.1 Å². The fourth-order valence-corrected chi connectivity index (χ4v) is 2.78. The maximum atomic E-state index is 12.9. The predicted molar refractivity (Wildman–Crippen MR) is 73.7 cm³/mol. The molecule has 0 saturated carbocycles. The van der Waals surface area contributed by atoms with Crippen molar-refractivity contribution in [3.05, 3.63) is 36.0 Å². The topological polar surface area (TPSA) is 51.0 Å². The van der Waals surface area contributed by atoms with Crippen LogP contribution in [0.25, 0.3) is 11.4 Å². The van der Waals surface area contributed by atoms with Gasteiger partial charge in [0.1, 0.15) is 5.82 Å². The Labute approximate surface area is 117 Å². The number of nitrogens with zero attached hydrogens (tertiary/aromatic N) is 2. The summed E-state index contributed by atoms with van der Waals surface area (Å²) in [6, 6.07) is 6.14. The Morgan fingerprint density at radius 3 is 2.65 bits per heavy atom. The minimum absolute atomic E-state index is 0.0920. The number of hydrogen-bond acceptors (Lipinski definition) is 4. The maximum absolute atomic E-state index is 12.9. The maximum Gasteiger partial charge on any atom is 0.234 e. The van der Waals surface area contributed by atoms with E-state index in [2.05, 4.69) is 29.3 Å². The molecule has 3 rings (SSSR count). The lowest BCUT2D eigenvalue weighted by Gasteiger charge is -2.27. The van der Waals surface area contributed by atoms with Crippen LogP contribution in [-0.2, 0) is 5.41 Å². The molecule has 1 atom stereocenters. The summed E-state index contributed by atoms with van der Waals surface area (Å²) in [6.07, 6.45) is 0.996. The molecule has 5 heteroatoms. The zero-order chi connectivity index (χ0) is 14.2. The highest BCUT2D eigenvalue weighted by Gasteiger charge is 2.43. The van der Waals surface area contributed by atoms with Gasteiger partial charge in [-0.05, 0) is 43.1 Å². The number of halogens is 1. The molecule has 1 N–H and O–H groups in total. The molecule has 4 nitrogen and oxygen atoms in total. The summed E-state index contributed by atoms with van der Waals surface area (Å²) in [5.41, 5.74) is 0.678. The molecule has 0 aliphatic carbocycles. The molecule has 0 amide bonds. The zero-order valence-electron chi connectivity index (χ0n) is 11.7. The number of nitrogens with one attached hydrogen (secondary N) is 1. The van der Waals surface area contributed by atoms with E-state index in [1.807, 2.05) is 0 Å². The largest absolute Gasteiger partial charge is 0.338 e. The van der Waals surface area contributed by atoms with Gasteiger partial charge in [-0.15, -0.1) is 0 Å². The smallest absolute Gasteiger partial charge is 0.234 e. The van der Waals surface area contributed by atoms with Crippen molar-refractivity contribution in [2.24, 2.45) is 5.92 Å². The molecule has 1 unspecified atom stereocenters. The van der Waals surface area contributed by atoms with Gasteiger partial charge in [-0.25, -0.2) is 4.39 Å². The van der Waals surface area contributed by atoms with Gasteiger partial charge in [-0.2, -0.15) is 4.98 Å². The van der Waals surface area contributed by atoms with Crippen molar-refractivity contribution in [1.82, 2.24) is 15.5 Å². The molecule has 1 aliphatic heterocycles. The van der Waals surface area contributed by atoms with Crippen molar-refractivity contribution < 1.29 is 8.91 Å². The Hall–Kier alpha value is -1.75. The first-order chi connectivity index (χ1) is 9.62. The molecule has 20 heavy (non-hydrogen) atoms. The Kier molecular flexibility index (Phi) is 3.30. The van der Waals surface area contributed by atoms with Crippen LogP contribution < -0.4 is 5.32 Å². The molecule has 0 radical (unpaired) electrons. The zero-order valence-corrected chi connectivity index (χ0v) is 11.7. The molecule has 106 valence electrons. The number of aromatic nitrogens is 2. The second-order valence-corrected chi connectivity index (χ2v) is 5.67. The van der Waals surface area contributed by atoms with Gasteiger partial charge < -0.3 is 9.84 Å². The van der Waals surface area contributed by atoms with Crippen LogP contribution in [0.5, 0.6) is 0 Å². The van der Waals surface area contributed by atoms with Crippen molar-refractivity contribution >= 4 is 0 Å². The van der Waals surface area contributed by atoms with Gasteiger partial charge in [-0.1, -0.05) is 19.0 Å². The molecule has 1 fully saturated rings. The average molecular weight is 275 g/mol. The van der Waals surface area contributed by atoms with Gasteiger partial charge in [0.15, 0.2) is 0 Å². The molecule has 1 aliphatic rings. The van der Waals surface area contributed by atoms with Crippen LogP contribution in [-0.4, -0.2) is 23.2 Å². The molecule has 1 saturated heterocycles. The van der Waals surface area contributed by atoms with Gasteiger partial charge in [-0.3, -0.25) is 0 Å². The van der Waals surface area contributed by atoms with Crippen molar-refractivity contribution in [3.8, 4) is 11.4 Å². The fraction of sp³-hybridized carbons (Fsp3) is 0.467. The normalized spacial score (nSPS) is 22.6. The number of benzene rings is 1. The van der Waals surface area contributed by atoms with Crippen molar-refractivity contribution in [2.45, 2.75) is 25.7 Å². The van der Waals surface area contributed by atoms with Gasteiger partial charge >= 0.3 is 0 Å². The van der Waals surface area contributed by atoms with Gasteiger partial charge in [0.2, 0.25) is 11.7 Å². The summed E-state index contributed by atoms with van der Waals surface area (Å²) in [5, 5.41) is 7.42. The minimum atomic E-state index is -0.267. The van der Waals surface area contributed by atoms with E-state index < -0.39 is 0 Å². The highest BCUT2D eigenvalue weighted by Crippen LogP contribution is 2.37. The Balaban J connectivity index is 1.95.